The van der Waals surface area contributed by atoms with Gasteiger partial charge >= 0.3 is 6.09 Å². The van der Waals surface area contributed by atoms with E-state index in [-0.39, 0.29) is 17.7 Å². The van der Waals surface area contributed by atoms with Crippen molar-refractivity contribution < 1.29 is 19.1 Å². The van der Waals surface area contributed by atoms with E-state index in [0.717, 1.165) is 54.9 Å². The number of pyridine rings is 1. The monoisotopic (exact) mass is 507 g/mol. The standard InChI is InChI=1S/C28H37N5O4/c1-37-28(36)33-15-12-19-6-2-3-7-21(19)24(33)27(35)32-14-5-4-8-23(32)26(34)31-17-18-9-10-22-20(16-18)11-13-30-25(22)29/h9-11,13,16,19,21,23-24H,2-8,12,14-15,17H2,1H3,(H2,29,30)(H,31,34)/t19?,21?,23-,24?/m0/s1. The number of fused-ring (bicyclic) bond motifs is 2. The molecule has 3 heterocycles. The first-order chi connectivity index (χ1) is 18.0. The molecule has 9 heteroatoms. The Balaban J connectivity index is 1.32. The highest BCUT2D eigenvalue weighted by molar-refractivity contribution is 5.93. The minimum Gasteiger partial charge on any atom is -0.453 e. The van der Waals surface area contributed by atoms with E-state index in [0.29, 0.717) is 37.8 Å². The van der Waals surface area contributed by atoms with Crippen LogP contribution in [0.1, 0.15) is 56.9 Å². The maximum Gasteiger partial charge on any atom is 0.410 e. The summed E-state index contributed by atoms with van der Waals surface area (Å²) in [7, 11) is 1.37. The van der Waals surface area contributed by atoms with Gasteiger partial charge in [-0.05, 0) is 67.0 Å². The summed E-state index contributed by atoms with van der Waals surface area (Å²) in [6, 6.07) is 6.65. The van der Waals surface area contributed by atoms with E-state index in [1.165, 1.54) is 13.5 Å². The van der Waals surface area contributed by atoms with Crippen LogP contribution in [0.2, 0.25) is 0 Å². The number of piperidine rings is 2. The Morgan fingerprint density at radius 3 is 2.68 bits per heavy atom. The van der Waals surface area contributed by atoms with Crippen LogP contribution in [-0.2, 0) is 20.9 Å². The molecule has 37 heavy (non-hydrogen) atoms. The number of rotatable bonds is 4. The number of nitrogens with two attached hydrogens (primary N) is 1. The van der Waals surface area contributed by atoms with Gasteiger partial charge < -0.3 is 20.7 Å². The van der Waals surface area contributed by atoms with Crippen molar-refractivity contribution in [2.75, 3.05) is 25.9 Å². The summed E-state index contributed by atoms with van der Waals surface area (Å²) in [4.78, 5) is 47.6. The summed E-state index contributed by atoms with van der Waals surface area (Å²) in [6.45, 7) is 1.41. The molecule has 5 rings (SSSR count). The van der Waals surface area contributed by atoms with Crippen molar-refractivity contribution in [1.82, 2.24) is 20.1 Å². The Kier molecular flexibility index (Phi) is 7.48. The van der Waals surface area contributed by atoms with Gasteiger partial charge in [-0.3, -0.25) is 14.5 Å². The Morgan fingerprint density at radius 1 is 1.03 bits per heavy atom. The number of hydrogen-bond donors (Lipinski definition) is 2. The predicted octanol–water partition coefficient (Wildman–Crippen LogP) is 3.46. The van der Waals surface area contributed by atoms with E-state index in [9.17, 15) is 14.4 Å². The third-order valence-corrected chi connectivity index (χ3v) is 8.53. The van der Waals surface area contributed by atoms with E-state index < -0.39 is 18.2 Å². The molecule has 0 radical (unpaired) electrons. The van der Waals surface area contributed by atoms with E-state index in [2.05, 4.69) is 10.3 Å². The summed E-state index contributed by atoms with van der Waals surface area (Å²) < 4.78 is 5.06. The Hall–Kier alpha value is -3.36. The maximum absolute atomic E-state index is 14.1. The quantitative estimate of drug-likeness (QED) is 0.654. The van der Waals surface area contributed by atoms with E-state index in [1.807, 2.05) is 24.3 Å². The highest BCUT2D eigenvalue weighted by Gasteiger charge is 2.48. The van der Waals surface area contributed by atoms with Crippen LogP contribution < -0.4 is 11.1 Å². The predicted molar refractivity (Wildman–Crippen MR) is 140 cm³/mol. The number of carbonyl (C=O) groups excluding carboxylic acids is 3. The van der Waals surface area contributed by atoms with Crippen LogP contribution in [0.25, 0.3) is 10.8 Å². The van der Waals surface area contributed by atoms with Crippen molar-refractivity contribution >= 4 is 34.5 Å². The lowest BCUT2D eigenvalue weighted by atomic mass is 9.70. The van der Waals surface area contributed by atoms with Gasteiger partial charge in [0.1, 0.15) is 17.9 Å². The van der Waals surface area contributed by atoms with Crippen LogP contribution in [0.4, 0.5) is 10.6 Å². The molecule has 4 atom stereocenters. The smallest absolute Gasteiger partial charge is 0.410 e. The SMILES string of the molecule is COC(=O)N1CCC2CCCCC2C1C(=O)N1CCCC[C@H]1C(=O)NCc1ccc2c(N)nccc2c1. The molecule has 2 aliphatic heterocycles. The van der Waals surface area contributed by atoms with Gasteiger partial charge in [-0.15, -0.1) is 0 Å². The lowest BCUT2D eigenvalue weighted by Gasteiger charge is -2.48. The number of carbonyl (C=O) groups is 3. The number of hydrogen-bond acceptors (Lipinski definition) is 6. The number of nitrogen functional groups attached to an aromatic ring is 1. The number of likely N-dealkylation sites (tertiary alicyclic amines) is 2. The number of anilines is 1. The molecule has 1 aromatic carbocycles. The minimum absolute atomic E-state index is 0.101. The van der Waals surface area contributed by atoms with Gasteiger partial charge in [-0.2, -0.15) is 0 Å². The molecule has 3 unspecified atom stereocenters. The first-order valence-corrected chi connectivity index (χ1v) is 13.5. The molecule has 1 aromatic heterocycles. The zero-order valence-corrected chi connectivity index (χ0v) is 21.5. The van der Waals surface area contributed by atoms with Crippen molar-refractivity contribution in [3.63, 3.8) is 0 Å². The number of ether oxygens (including phenoxy) is 1. The summed E-state index contributed by atoms with van der Waals surface area (Å²) in [5, 5.41) is 4.90. The number of aromatic nitrogens is 1. The first kappa shape index (κ1) is 25.3. The molecule has 0 bridgehead atoms. The second-order valence-electron chi connectivity index (χ2n) is 10.6. The molecule has 2 saturated heterocycles. The van der Waals surface area contributed by atoms with Gasteiger partial charge in [0.15, 0.2) is 0 Å². The molecule has 3 fully saturated rings. The molecule has 0 spiro atoms. The zero-order valence-electron chi connectivity index (χ0n) is 21.5. The lowest BCUT2D eigenvalue weighted by molar-refractivity contribution is -0.150. The molecule has 9 nitrogen and oxygen atoms in total. The van der Waals surface area contributed by atoms with Crippen LogP contribution in [0.5, 0.6) is 0 Å². The highest BCUT2D eigenvalue weighted by atomic mass is 16.5. The Labute approximate surface area is 217 Å². The van der Waals surface area contributed by atoms with Gasteiger partial charge in [0, 0.05) is 31.2 Å². The van der Waals surface area contributed by atoms with E-state index in [4.69, 9.17) is 10.5 Å². The maximum atomic E-state index is 14.1. The lowest BCUT2D eigenvalue weighted by Crippen LogP contribution is -2.63. The molecule has 3 aliphatic rings. The van der Waals surface area contributed by atoms with Gasteiger partial charge in [0.2, 0.25) is 11.8 Å². The fourth-order valence-corrected chi connectivity index (χ4v) is 6.63. The van der Waals surface area contributed by atoms with Crippen molar-refractivity contribution in [3.05, 3.63) is 36.0 Å². The third kappa shape index (κ3) is 5.08. The van der Waals surface area contributed by atoms with Crippen molar-refractivity contribution in [2.24, 2.45) is 11.8 Å². The molecule has 2 aromatic rings. The van der Waals surface area contributed by atoms with E-state index in [1.54, 1.807) is 16.0 Å². The van der Waals surface area contributed by atoms with Gasteiger partial charge in [0.25, 0.3) is 0 Å². The summed E-state index contributed by atoms with van der Waals surface area (Å²) in [6.07, 6.45) is 8.76. The molecule has 198 valence electrons. The van der Waals surface area contributed by atoms with Gasteiger partial charge in [-0.25, -0.2) is 9.78 Å². The average Bonchev–Trinajstić information content (AvgIpc) is 2.94. The molecule has 3 amide bonds. The first-order valence-electron chi connectivity index (χ1n) is 13.5. The van der Waals surface area contributed by atoms with Crippen LogP contribution in [-0.4, -0.2) is 65.0 Å². The third-order valence-electron chi connectivity index (χ3n) is 8.53. The molecule has 3 N–H and O–H groups in total. The second kappa shape index (κ2) is 10.9. The summed E-state index contributed by atoms with van der Waals surface area (Å²) >= 11 is 0. The average molecular weight is 508 g/mol. The fourth-order valence-electron chi connectivity index (χ4n) is 6.63. The van der Waals surface area contributed by atoms with Gasteiger partial charge in [0.05, 0.1) is 7.11 Å². The Bertz CT molecular complexity index is 1170. The zero-order chi connectivity index (χ0) is 25.9. The highest BCUT2D eigenvalue weighted by Crippen LogP contribution is 2.41. The second-order valence-corrected chi connectivity index (χ2v) is 10.6. The van der Waals surface area contributed by atoms with E-state index >= 15 is 0 Å². The summed E-state index contributed by atoms with van der Waals surface area (Å²) in [5.74, 6) is 0.795. The van der Waals surface area contributed by atoms with Crippen LogP contribution in [0.3, 0.4) is 0 Å². The number of benzene rings is 1. The van der Waals surface area contributed by atoms with Crippen molar-refractivity contribution in [1.29, 1.82) is 0 Å². The van der Waals surface area contributed by atoms with Crippen molar-refractivity contribution in [3.8, 4) is 0 Å². The van der Waals surface area contributed by atoms with Gasteiger partial charge in [-0.1, -0.05) is 31.4 Å². The molecule has 1 saturated carbocycles. The van der Waals surface area contributed by atoms with Crippen LogP contribution >= 0.6 is 0 Å². The molecular weight excluding hydrogens is 470 g/mol. The number of amides is 3. The molecular formula is C28H37N5O4. The summed E-state index contributed by atoms with van der Waals surface area (Å²) in [5.41, 5.74) is 6.91. The fraction of sp³-hybridized carbons (Fsp3) is 0.571. The Morgan fingerprint density at radius 2 is 1.84 bits per heavy atom. The number of nitrogens with one attached hydrogen (secondary N) is 1. The minimum atomic E-state index is -0.556. The molecule has 1 aliphatic carbocycles. The number of nitrogens with zero attached hydrogens (tertiary/aromatic N) is 3. The largest absolute Gasteiger partial charge is 0.453 e. The van der Waals surface area contributed by atoms with Crippen LogP contribution in [0, 0.1) is 11.8 Å². The normalized spacial score (nSPS) is 25.9. The number of methoxy groups -OCH3 is 1. The van der Waals surface area contributed by atoms with Crippen LogP contribution in [0.15, 0.2) is 30.5 Å². The van der Waals surface area contributed by atoms with Crippen molar-refractivity contribution in [2.45, 2.75) is 70.0 Å². The topological polar surface area (TPSA) is 118 Å².